The lowest BCUT2D eigenvalue weighted by atomic mass is 10.2. The number of para-hydroxylation sites is 2. The van der Waals surface area contributed by atoms with Crippen molar-refractivity contribution in [1.82, 2.24) is 14.8 Å². The molecule has 0 atom stereocenters. The van der Waals surface area contributed by atoms with Gasteiger partial charge in [-0.1, -0.05) is 47.6 Å². The van der Waals surface area contributed by atoms with Gasteiger partial charge in [-0.25, -0.2) is 0 Å². The lowest BCUT2D eigenvalue weighted by Gasteiger charge is -2.10. The monoisotopic (exact) mass is 485 g/mol. The van der Waals surface area contributed by atoms with E-state index < -0.39 is 0 Å². The Kier molecular flexibility index (Phi) is 8.51. The number of carbonyl (C=O) groups is 2. The number of allylic oxidation sites excluding steroid dienone is 1. The number of rotatable bonds is 10. The molecule has 3 rings (SSSR count). The molecule has 0 aliphatic heterocycles. The average molecular weight is 486 g/mol. The average Bonchev–Trinajstić information content (AvgIpc) is 3.16. The maximum Gasteiger partial charge on any atom is 0.234 e. The lowest BCUT2D eigenvalue weighted by Crippen LogP contribution is -2.18. The van der Waals surface area contributed by atoms with Crippen molar-refractivity contribution >= 4 is 46.6 Å². The predicted octanol–water partition coefficient (Wildman–Crippen LogP) is 4.35. The number of halogens is 1. The first kappa shape index (κ1) is 24.3. The minimum atomic E-state index is -0.252. The zero-order chi connectivity index (χ0) is 23.8. The highest BCUT2D eigenvalue weighted by Crippen LogP contribution is 2.24. The van der Waals surface area contributed by atoms with Gasteiger partial charge < -0.3 is 19.9 Å². The molecule has 33 heavy (non-hydrogen) atoms. The van der Waals surface area contributed by atoms with Crippen LogP contribution in [0.2, 0.25) is 5.02 Å². The van der Waals surface area contributed by atoms with Gasteiger partial charge in [-0.3, -0.25) is 9.59 Å². The molecule has 1 aromatic heterocycles. The molecule has 10 heteroatoms. The van der Waals surface area contributed by atoms with E-state index in [0.29, 0.717) is 39.7 Å². The summed E-state index contributed by atoms with van der Waals surface area (Å²) in [5.74, 6) is 0.694. The number of amides is 2. The molecule has 2 amide bonds. The molecule has 0 aliphatic rings. The number of carbonyl (C=O) groups excluding carboxylic acids is 2. The highest BCUT2D eigenvalue weighted by atomic mass is 35.5. The van der Waals surface area contributed by atoms with E-state index in [1.165, 1.54) is 11.8 Å². The molecule has 1 heterocycles. The fourth-order valence-electron chi connectivity index (χ4n) is 2.95. The van der Waals surface area contributed by atoms with Gasteiger partial charge in [-0.05, 0) is 36.8 Å². The van der Waals surface area contributed by atoms with Crippen LogP contribution in [0.4, 0.5) is 11.4 Å². The summed E-state index contributed by atoms with van der Waals surface area (Å²) in [6.45, 7) is 6.05. The molecule has 0 spiro atoms. The molecule has 172 valence electrons. The van der Waals surface area contributed by atoms with Crippen LogP contribution in [0.25, 0.3) is 0 Å². The molecule has 0 radical (unpaired) electrons. The second kappa shape index (κ2) is 11.5. The van der Waals surface area contributed by atoms with E-state index in [1.54, 1.807) is 42.0 Å². The van der Waals surface area contributed by atoms with Crippen molar-refractivity contribution in [1.29, 1.82) is 0 Å². The predicted molar refractivity (Wildman–Crippen MR) is 131 cm³/mol. The van der Waals surface area contributed by atoms with E-state index in [2.05, 4.69) is 27.4 Å². The molecule has 0 unspecified atom stereocenters. The summed E-state index contributed by atoms with van der Waals surface area (Å²) in [6, 6.07) is 12.5. The van der Waals surface area contributed by atoms with Gasteiger partial charge in [0.15, 0.2) is 5.16 Å². The van der Waals surface area contributed by atoms with Crippen LogP contribution in [-0.2, 0) is 22.6 Å². The lowest BCUT2D eigenvalue weighted by molar-refractivity contribution is -0.116. The van der Waals surface area contributed by atoms with Crippen molar-refractivity contribution in [3.63, 3.8) is 0 Å². The van der Waals surface area contributed by atoms with Gasteiger partial charge in [0.2, 0.25) is 11.8 Å². The fourth-order valence-corrected chi connectivity index (χ4v) is 3.90. The van der Waals surface area contributed by atoms with Crippen LogP contribution in [0.3, 0.4) is 0 Å². The summed E-state index contributed by atoms with van der Waals surface area (Å²) < 4.78 is 7.01. The molecule has 0 saturated heterocycles. The molecule has 2 aromatic carbocycles. The number of hydrogen-bond acceptors (Lipinski definition) is 6. The first-order chi connectivity index (χ1) is 15.9. The van der Waals surface area contributed by atoms with Crippen LogP contribution in [-0.4, -0.2) is 39.4 Å². The summed E-state index contributed by atoms with van der Waals surface area (Å²) >= 11 is 7.35. The van der Waals surface area contributed by atoms with Crippen LogP contribution in [0.15, 0.2) is 60.3 Å². The maximum atomic E-state index is 12.5. The molecule has 0 bridgehead atoms. The molecular weight excluding hydrogens is 462 g/mol. The largest absolute Gasteiger partial charge is 0.495 e. The SMILES string of the molecule is C=CCn1c(CC(=O)Nc2ccc(C)c(Cl)c2)nnc1SCC(=O)Nc1ccccc1OC. The van der Waals surface area contributed by atoms with Crippen LogP contribution in [0.5, 0.6) is 5.75 Å². The van der Waals surface area contributed by atoms with Gasteiger partial charge in [0, 0.05) is 17.3 Å². The van der Waals surface area contributed by atoms with Gasteiger partial charge in [0.1, 0.15) is 11.6 Å². The van der Waals surface area contributed by atoms with E-state index >= 15 is 0 Å². The summed E-state index contributed by atoms with van der Waals surface area (Å²) in [5, 5.41) is 15.0. The zero-order valence-electron chi connectivity index (χ0n) is 18.3. The molecule has 0 fully saturated rings. The Morgan fingerprint density at radius 1 is 1.18 bits per heavy atom. The third-order valence-electron chi connectivity index (χ3n) is 4.59. The van der Waals surface area contributed by atoms with Gasteiger partial charge >= 0.3 is 0 Å². The minimum absolute atomic E-state index is 0.0142. The zero-order valence-corrected chi connectivity index (χ0v) is 19.9. The van der Waals surface area contributed by atoms with E-state index in [0.717, 1.165) is 5.56 Å². The Labute approximate surface area is 201 Å². The molecular formula is C23H24ClN5O3S. The second-order valence-corrected chi connectivity index (χ2v) is 8.37. The number of thioether (sulfide) groups is 1. The molecule has 8 nitrogen and oxygen atoms in total. The maximum absolute atomic E-state index is 12.5. The summed E-state index contributed by atoms with van der Waals surface area (Å²) in [5.41, 5.74) is 2.12. The Hall–Kier alpha value is -3.30. The Morgan fingerprint density at radius 3 is 2.70 bits per heavy atom. The van der Waals surface area contributed by atoms with Crippen LogP contribution in [0, 0.1) is 6.92 Å². The van der Waals surface area contributed by atoms with E-state index in [4.69, 9.17) is 16.3 Å². The molecule has 0 saturated carbocycles. The first-order valence-electron chi connectivity index (χ1n) is 10.1. The quantitative estimate of drug-likeness (QED) is 0.327. The van der Waals surface area contributed by atoms with Gasteiger partial charge in [0.05, 0.1) is 25.0 Å². The third-order valence-corrected chi connectivity index (χ3v) is 5.97. The highest BCUT2D eigenvalue weighted by molar-refractivity contribution is 7.99. The third kappa shape index (κ3) is 6.59. The molecule has 2 N–H and O–H groups in total. The van der Waals surface area contributed by atoms with Crippen molar-refractivity contribution in [3.8, 4) is 5.75 Å². The minimum Gasteiger partial charge on any atom is -0.495 e. The number of ether oxygens (including phenoxy) is 1. The number of anilines is 2. The van der Waals surface area contributed by atoms with Crippen LogP contribution >= 0.6 is 23.4 Å². The second-order valence-electron chi connectivity index (χ2n) is 7.02. The van der Waals surface area contributed by atoms with Crippen LogP contribution < -0.4 is 15.4 Å². The standard InChI is InChI=1S/C23H24ClN5O3S/c1-4-11-29-20(13-21(30)25-16-10-9-15(2)17(24)12-16)27-28-23(29)33-14-22(31)26-18-7-5-6-8-19(18)32-3/h4-10,12H,1,11,13-14H2,2-3H3,(H,25,30)(H,26,31). The first-order valence-corrected chi connectivity index (χ1v) is 11.4. The normalized spacial score (nSPS) is 10.5. The van der Waals surface area contributed by atoms with Crippen molar-refractivity contribution in [2.45, 2.75) is 25.0 Å². The smallest absolute Gasteiger partial charge is 0.234 e. The Balaban J connectivity index is 1.63. The fraction of sp³-hybridized carbons (Fsp3) is 0.217. The number of aryl methyl sites for hydroxylation is 1. The number of nitrogens with one attached hydrogen (secondary N) is 2. The number of benzene rings is 2. The number of nitrogens with zero attached hydrogens (tertiary/aromatic N) is 3. The van der Waals surface area contributed by atoms with Crippen molar-refractivity contribution in [2.75, 3.05) is 23.5 Å². The topological polar surface area (TPSA) is 98.1 Å². The van der Waals surface area contributed by atoms with E-state index in [-0.39, 0.29) is 24.0 Å². The molecule has 0 aliphatic carbocycles. The summed E-state index contributed by atoms with van der Waals surface area (Å²) in [7, 11) is 1.54. The summed E-state index contributed by atoms with van der Waals surface area (Å²) in [4.78, 5) is 25.0. The van der Waals surface area contributed by atoms with E-state index in [9.17, 15) is 9.59 Å². The van der Waals surface area contributed by atoms with Crippen molar-refractivity contribution < 1.29 is 14.3 Å². The number of hydrogen-bond donors (Lipinski definition) is 2. The summed E-state index contributed by atoms with van der Waals surface area (Å²) in [6.07, 6.45) is 1.70. The Morgan fingerprint density at radius 2 is 1.97 bits per heavy atom. The van der Waals surface area contributed by atoms with Gasteiger partial charge in [-0.2, -0.15) is 0 Å². The van der Waals surface area contributed by atoms with Gasteiger partial charge in [-0.15, -0.1) is 16.8 Å². The Bertz CT molecular complexity index is 1160. The van der Waals surface area contributed by atoms with Crippen molar-refractivity contribution in [3.05, 3.63) is 71.5 Å². The van der Waals surface area contributed by atoms with Crippen LogP contribution in [0.1, 0.15) is 11.4 Å². The van der Waals surface area contributed by atoms with E-state index in [1.807, 2.05) is 25.1 Å². The van der Waals surface area contributed by atoms with Gasteiger partial charge in [0.25, 0.3) is 0 Å². The highest BCUT2D eigenvalue weighted by Gasteiger charge is 2.17. The van der Waals surface area contributed by atoms with Crippen molar-refractivity contribution in [2.24, 2.45) is 0 Å². The molecule has 3 aromatic rings. The number of methoxy groups -OCH3 is 1. The number of aromatic nitrogens is 3.